The lowest BCUT2D eigenvalue weighted by molar-refractivity contribution is -0.113. The van der Waals surface area contributed by atoms with Crippen LogP contribution in [0.4, 0.5) is 4.39 Å². The number of benzene rings is 2. The Bertz CT molecular complexity index is 958. The lowest BCUT2D eigenvalue weighted by Gasteiger charge is -2.48. The van der Waals surface area contributed by atoms with Gasteiger partial charge in [-0.3, -0.25) is 4.79 Å². The minimum Gasteiger partial charge on any atom is -0.392 e. The highest BCUT2D eigenvalue weighted by Gasteiger charge is 2.48. The molecule has 0 spiro atoms. The molecule has 0 unspecified atom stereocenters. The Hall–Kier alpha value is -2.52. The van der Waals surface area contributed by atoms with E-state index in [0.717, 1.165) is 36.0 Å². The van der Waals surface area contributed by atoms with Gasteiger partial charge < -0.3 is 5.11 Å². The molecule has 1 N–H and O–H groups in total. The van der Waals surface area contributed by atoms with Crippen molar-refractivity contribution in [3.8, 4) is 0 Å². The Morgan fingerprint density at radius 2 is 1.96 bits per heavy atom. The van der Waals surface area contributed by atoms with Gasteiger partial charge in [0.15, 0.2) is 5.78 Å². The molecule has 0 aliphatic heterocycles. The summed E-state index contributed by atoms with van der Waals surface area (Å²) >= 11 is 0. The summed E-state index contributed by atoms with van der Waals surface area (Å²) in [5, 5.41) is 11.1. The van der Waals surface area contributed by atoms with E-state index in [1.807, 2.05) is 25.1 Å². The van der Waals surface area contributed by atoms with Crippen LogP contribution in [0, 0.1) is 11.2 Å². The number of hydrogen-bond acceptors (Lipinski definition) is 2. The minimum absolute atomic E-state index is 0.0250. The predicted octanol–water partition coefficient (Wildman–Crippen LogP) is 5.27. The van der Waals surface area contributed by atoms with E-state index in [-0.39, 0.29) is 11.6 Å². The molecule has 0 radical (unpaired) electrons. The van der Waals surface area contributed by atoms with Gasteiger partial charge in [-0.05, 0) is 73.9 Å². The molecule has 4 rings (SSSR count). The van der Waals surface area contributed by atoms with Crippen LogP contribution in [0.1, 0.15) is 43.7 Å². The molecule has 3 heteroatoms. The molecule has 0 heterocycles. The predicted molar refractivity (Wildman–Crippen MR) is 109 cm³/mol. The molecule has 144 valence electrons. The minimum atomic E-state index is -0.490. The fourth-order valence-corrected chi connectivity index (χ4v) is 4.94. The second-order valence-corrected chi connectivity index (χ2v) is 8.06. The molecular weight excluding hydrogens is 351 g/mol. The van der Waals surface area contributed by atoms with Crippen LogP contribution in [0.15, 0.2) is 71.3 Å². The Labute approximate surface area is 165 Å². The molecule has 2 aromatic rings. The first-order valence-electron chi connectivity index (χ1n) is 9.93. The maximum absolute atomic E-state index is 13.6. The number of ketones is 1. The summed E-state index contributed by atoms with van der Waals surface area (Å²) in [4.78, 5) is 13.1. The summed E-state index contributed by atoms with van der Waals surface area (Å²) in [6.07, 6.45) is 5.00. The molecule has 2 aliphatic carbocycles. The van der Waals surface area contributed by atoms with Gasteiger partial charge in [0, 0.05) is 11.0 Å². The second kappa shape index (κ2) is 7.48. The lowest BCUT2D eigenvalue weighted by atomic mass is 9.57. The number of hydrogen-bond donors (Lipinski definition) is 1. The molecule has 1 saturated carbocycles. The van der Waals surface area contributed by atoms with Crippen LogP contribution < -0.4 is 0 Å². The maximum Gasteiger partial charge on any atom is 0.184 e. The van der Waals surface area contributed by atoms with Crippen molar-refractivity contribution in [2.45, 2.75) is 45.1 Å². The number of carbonyl (C=O) groups excluding carboxylic acids is 1. The molecule has 0 aromatic heterocycles. The third kappa shape index (κ3) is 3.35. The number of carbonyl (C=O) groups is 1. The van der Waals surface area contributed by atoms with Crippen molar-refractivity contribution in [3.63, 3.8) is 0 Å². The van der Waals surface area contributed by atoms with E-state index in [2.05, 4.69) is 12.1 Å². The molecule has 1 fully saturated rings. The van der Waals surface area contributed by atoms with E-state index in [9.17, 15) is 14.3 Å². The average molecular weight is 376 g/mol. The molecule has 2 aliphatic rings. The Morgan fingerprint density at radius 1 is 1.18 bits per heavy atom. The van der Waals surface area contributed by atoms with Crippen LogP contribution in [0.3, 0.4) is 0 Å². The van der Waals surface area contributed by atoms with Crippen molar-refractivity contribution in [2.24, 2.45) is 5.41 Å². The van der Waals surface area contributed by atoms with Crippen molar-refractivity contribution in [1.82, 2.24) is 0 Å². The Morgan fingerprint density at radius 3 is 2.71 bits per heavy atom. The van der Waals surface area contributed by atoms with Crippen LogP contribution >= 0.6 is 0 Å². The summed E-state index contributed by atoms with van der Waals surface area (Å²) in [6.45, 7) is 1.88. The van der Waals surface area contributed by atoms with Gasteiger partial charge in [0.05, 0.1) is 6.10 Å². The summed E-state index contributed by atoms with van der Waals surface area (Å²) in [5.74, 6) is -0.292. The van der Waals surface area contributed by atoms with Crippen molar-refractivity contribution >= 4 is 11.9 Å². The zero-order chi connectivity index (χ0) is 19.7. The lowest BCUT2D eigenvalue weighted by Crippen LogP contribution is -2.46. The summed E-state index contributed by atoms with van der Waals surface area (Å²) in [6, 6.07) is 16.5. The van der Waals surface area contributed by atoms with E-state index >= 15 is 0 Å². The zero-order valence-corrected chi connectivity index (χ0v) is 16.1. The molecule has 2 aromatic carbocycles. The van der Waals surface area contributed by atoms with Gasteiger partial charge in [-0.2, -0.15) is 0 Å². The van der Waals surface area contributed by atoms with E-state index in [1.54, 1.807) is 18.2 Å². The standard InChI is InChI=1S/C25H25FO2/c1-17-22-11-6-12-23(27)25(22,15-18-7-3-2-4-8-18)16-20(24(17)28)13-19-9-5-10-21(26)14-19/h2-5,7-10,13-14,23,27H,6,11-12,15-16H2,1H3/t23-,25-/m0/s1. The van der Waals surface area contributed by atoms with Gasteiger partial charge in [-0.25, -0.2) is 4.39 Å². The number of allylic oxidation sites excluding steroid dienone is 2. The van der Waals surface area contributed by atoms with Gasteiger partial charge in [0.25, 0.3) is 0 Å². The number of aliphatic hydroxyl groups is 1. The molecule has 0 saturated heterocycles. The van der Waals surface area contributed by atoms with E-state index in [4.69, 9.17) is 0 Å². The van der Waals surface area contributed by atoms with Gasteiger partial charge in [-0.15, -0.1) is 0 Å². The van der Waals surface area contributed by atoms with Crippen molar-refractivity contribution in [2.75, 3.05) is 0 Å². The second-order valence-electron chi connectivity index (χ2n) is 8.06. The van der Waals surface area contributed by atoms with Crippen molar-refractivity contribution in [1.29, 1.82) is 0 Å². The quantitative estimate of drug-likeness (QED) is 0.741. The monoisotopic (exact) mass is 376 g/mol. The smallest absolute Gasteiger partial charge is 0.184 e. The summed E-state index contributed by atoms with van der Waals surface area (Å²) in [7, 11) is 0. The number of halogens is 1. The summed E-state index contributed by atoms with van der Waals surface area (Å²) in [5.41, 5.74) is 3.90. The normalized spacial score (nSPS) is 26.5. The summed E-state index contributed by atoms with van der Waals surface area (Å²) < 4.78 is 13.6. The fraction of sp³-hybridized carbons (Fsp3) is 0.320. The maximum atomic E-state index is 13.6. The van der Waals surface area contributed by atoms with Gasteiger partial charge in [0.1, 0.15) is 5.82 Å². The zero-order valence-electron chi connectivity index (χ0n) is 16.1. The van der Waals surface area contributed by atoms with Crippen LogP contribution in [0.2, 0.25) is 0 Å². The highest BCUT2D eigenvalue weighted by molar-refractivity contribution is 6.12. The van der Waals surface area contributed by atoms with Crippen molar-refractivity contribution < 1.29 is 14.3 Å². The highest BCUT2D eigenvalue weighted by atomic mass is 19.1. The molecule has 2 atom stereocenters. The van der Waals surface area contributed by atoms with Gasteiger partial charge >= 0.3 is 0 Å². The number of Topliss-reactive ketones (excluding diaryl/α,β-unsaturated/α-hetero) is 1. The Balaban J connectivity index is 1.81. The Kier molecular flexibility index (Phi) is 5.03. The number of fused-ring (bicyclic) bond motifs is 1. The molecular formula is C25H25FO2. The van der Waals surface area contributed by atoms with Gasteiger partial charge in [0.2, 0.25) is 0 Å². The van der Waals surface area contributed by atoms with Crippen LogP contribution in [-0.2, 0) is 11.2 Å². The third-order valence-corrected chi connectivity index (χ3v) is 6.29. The average Bonchev–Trinajstić information content (AvgIpc) is 2.68. The van der Waals surface area contributed by atoms with Crippen LogP contribution in [0.5, 0.6) is 0 Å². The first-order valence-corrected chi connectivity index (χ1v) is 9.93. The highest BCUT2D eigenvalue weighted by Crippen LogP contribution is 2.52. The van der Waals surface area contributed by atoms with E-state index < -0.39 is 11.5 Å². The first-order chi connectivity index (χ1) is 13.5. The molecule has 28 heavy (non-hydrogen) atoms. The van der Waals surface area contributed by atoms with E-state index in [0.29, 0.717) is 24.0 Å². The molecule has 2 nitrogen and oxygen atoms in total. The molecule has 0 amide bonds. The SMILES string of the molecule is CC1=C2CCC[C@H](O)[C@@]2(Cc2ccccc2)CC(=Cc2cccc(F)c2)C1=O. The number of aliphatic hydroxyl groups excluding tert-OH is 1. The topological polar surface area (TPSA) is 37.3 Å². The van der Waals surface area contributed by atoms with Crippen LogP contribution in [0.25, 0.3) is 6.08 Å². The first kappa shape index (κ1) is 18.8. The van der Waals surface area contributed by atoms with E-state index in [1.165, 1.54) is 12.1 Å². The molecule has 0 bridgehead atoms. The third-order valence-electron chi connectivity index (χ3n) is 6.29. The van der Waals surface area contributed by atoms with Gasteiger partial charge in [-0.1, -0.05) is 48.0 Å². The van der Waals surface area contributed by atoms with Crippen LogP contribution in [-0.4, -0.2) is 17.0 Å². The number of rotatable bonds is 3. The largest absolute Gasteiger partial charge is 0.392 e. The van der Waals surface area contributed by atoms with Crippen molar-refractivity contribution in [3.05, 3.63) is 88.3 Å². The fourth-order valence-electron chi connectivity index (χ4n) is 4.94.